The first-order valence-corrected chi connectivity index (χ1v) is 7.27. The minimum Gasteiger partial charge on any atom is -0.496 e. The summed E-state index contributed by atoms with van der Waals surface area (Å²) < 4.78 is 5.33. The van der Waals surface area contributed by atoms with Gasteiger partial charge >= 0.3 is 0 Å². The van der Waals surface area contributed by atoms with Gasteiger partial charge in [0.2, 0.25) is 0 Å². The lowest BCUT2D eigenvalue weighted by Gasteiger charge is -2.39. The van der Waals surface area contributed by atoms with Crippen LogP contribution in [0.25, 0.3) is 0 Å². The average Bonchev–Trinajstić information content (AvgIpc) is 2.42. The zero-order valence-corrected chi connectivity index (χ0v) is 12.4. The Bertz CT molecular complexity index is 409. The van der Waals surface area contributed by atoms with Crippen molar-refractivity contribution in [2.75, 3.05) is 7.11 Å². The van der Waals surface area contributed by atoms with Crippen LogP contribution >= 0.6 is 0 Å². The number of hydrogen-bond donors (Lipinski definition) is 1. The molecular weight excluding hydrogens is 236 g/mol. The van der Waals surface area contributed by atoms with Gasteiger partial charge < -0.3 is 10.5 Å². The van der Waals surface area contributed by atoms with Crippen LogP contribution in [0.4, 0.5) is 0 Å². The van der Waals surface area contributed by atoms with E-state index in [1.807, 2.05) is 6.07 Å². The van der Waals surface area contributed by atoms with E-state index in [-0.39, 0.29) is 0 Å². The summed E-state index contributed by atoms with van der Waals surface area (Å²) in [5.41, 5.74) is 8.22. The monoisotopic (exact) mass is 262 g/mol. The molecular formula is C16H26N2O. The van der Waals surface area contributed by atoms with Crippen molar-refractivity contribution in [3.8, 4) is 5.75 Å². The lowest BCUT2D eigenvalue weighted by Crippen LogP contribution is -2.42. The minimum absolute atomic E-state index is 0.530. The number of nitrogens with two attached hydrogens (primary N) is 1. The molecule has 19 heavy (non-hydrogen) atoms. The Morgan fingerprint density at radius 1 is 1.26 bits per heavy atom. The third kappa shape index (κ3) is 3.28. The zero-order valence-electron chi connectivity index (χ0n) is 12.4. The van der Waals surface area contributed by atoms with Crippen LogP contribution in [0.1, 0.15) is 44.2 Å². The summed E-state index contributed by atoms with van der Waals surface area (Å²) in [5, 5.41) is 0. The third-order valence-corrected chi connectivity index (χ3v) is 4.31. The molecule has 3 heteroatoms. The highest BCUT2D eigenvalue weighted by Crippen LogP contribution is 2.26. The SMILES string of the molecule is COc1ccc(CN2C(C)CCCC2C)cc1CN. The highest BCUT2D eigenvalue weighted by molar-refractivity contribution is 5.37. The van der Waals surface area contributed by atoms with Crippen molar-refractivity contribution in [1.29, 1.82) is 0 Å². The fraction of sp³-hybridized carbons (Fsp3) is 0.625. The first-order valence-electron chi connectivity index (χ1n) is 7.27. The van der Waals surface area contributed by atoms with Gasteiger partial charge in [0.25, 0.3) is 0 Å². The Morgan fingerprint density at radius 2 is 1.95 bits per heavy atom. The number of hydrogen-bond acceptors (Lipinski definition) is 3. The number of methoxy groups -OCH3 is 1. The highest BCUT2D eigenvalue weighted by Gasteiger charge is 2.24. The minimum atomic E-state index is 0.530. The summed E-state index contributed by atoms with van der Waals surface area (Å²) in [4.78, 5) is 2.60. The molecule has 1 aliphatic rings. The Labute approximate surface area is 116 Å². The van der Waals surface area contributed by atoms with E-state index < -0.39 is 0 Å². The lowest BCUT2D eigenvalue weighted by atomic mass is 9.96. The predicted octanol–water partition coefficient (Wildman–Crippen LogP) is 2.92. The standard InChI is InChI=1S/C16H26N2O/c1-12-5-4-6-13(2)18(12)11-14-7-8-16(19-3)15(9-14)10-17/h7-9,12-13H,4-6,10-11,17H2,1-3H3. The molecule has 1 aromatic carbocycles. The second kappa shape index (κ2) is 6.40. The topological polar surface area (TPSA) is 38.5 Å². The van der Waals surface area contributed by atoms with Crippen LogP contribution in [-0.2, 0) is 13.1 Å². The largest absolute Gasteiger partial charge is 0.496 e. The second-order valence-corrected chi connectivity index (χ2v) is 5.65. The summed E-state index contributed by atoms with van der Waals surface area (Å²) in [6.07, 6.45) is 3.98. The van der Waals surface area contributed by atoms with Gasteiger partial charge in [0.1, 0.15) is 5.75 Å². The van der Waals surface area contributed by atoms with Crippen molar-refractivity contribution >= 4 is 0 Å². The molecule has 0 aliphatic carbocycles. The fourth-order valence-corrected chi connectivity index (χ4v) is 3.09. The maximum absolute atomic E-state index is 5.79. The van der Waals surface area contributed by atoms with Crippen LogP contribution in [-0.4, -0.2) is 24.1 Å². The molecule has 0 bridgehead atoms. The number of nitrogens with zero attached hydrogens (tertiary/aromatic N) is 1. The molecule has 2 rings (SSSR count). The van der Waals surface area contributed by atoms with Gasteiger partial charge in [-0.05, 0) is 44.4 Å². The predicted molar refractivity (Wildman–Crippen MR) is 79.2 cm³/mol. The van der Waals surface area contributed by atoms with Gasteiger partial charge in [-0.25, -0.2) is 0 Å². The first kappa shape index (κ1) is 14.4. The third-order valence-electron chi connectivity index (χ3n) is 4.31. The summed E-state index contributed by atoms with van der Waals surface area (Å²) in [6.45, 7) is 6.22. The fourth-order valence-electron chi connectivity index (χ4n) is 3.09. The highest BCUT2D eigenvalue weighted by atomic mass is 16.5. The Kier molecular flexibility index (Phi) is 4.83. The molecule has 1 fully saturated rings. The number of likely N-dealkylation sites (tertiary alicyclic amines) is 1. The van der Waals surface area contributed by atoms with Crippen molar-refractivity contribution in [2.45, 2.75) is 58.3 Å². The molecule has 0 amide bonds. The first-order chi connectivity index (χ1) is 9.15. The number of ether oxygens (including phenoxy) is 1. The van der Waals surface area contributed by atoms with E-state index >= 15 is 0 Å². The molecule has 0 saturated carbocycles. The van der Waals surface area contributed by atoms with E-state index in [9.17, 15) is 0 Å². The van der Waals surface area contributed by atoms with Crippen molar-refractivity contribution in [3.05, 3.63) is 29.3 Å². The number of benzene rings is 1. The van der Waals surface area contributed by atoms with Gasteiger partial charge in [-0.15, -0.1) is 0 Å². The maximum Gasteiger partial charge on any atom is 0.123 e. The van der Waals surface area contributed by atoms with E-state index in [1.165, 1.54) is 24.8 Å². The molecule has 0 aromatic heterocycles. The second-order valence-electron chi connectivity index (χ2n) is 5.65. The lowest BCUT2D eigenvalue weighted by molar-refractivity contribution is 0.0952. The van der Waals surface area contributed by atoms with Gasteiger partial charge in [-0.2, -0.15) is 0 Å². The number of rotatable bonds is 4. The van der Waals surface area contributed by atoms with E-state index in [0.29, 0.717) is 18.6 Å². The normalized spacial score (nSPS) is 24.4. The maximum atomic E-state index is 5.79. The zero-order chi connectivity index (χ0) is 13.8. The summed E-state index contributed by atoms with van der Waals surface area (Å²) in [6, 6.07) is 7.73. The van der Waals surface area contributed by atoms with Crippen LogP contribution in [0.2, 0.25) is 0 Å². The smallest absolute Gasteiger partial charge is 0.123 e. The Morgan fingerprint density at radius 3 is 2.53 bits per heavy atom. The van der Waals surface area contributed by atoms with Gasteiger partial charge in [0.15, 0.2) is 0 Å². The van der Waals surface area contributed by atoms with Crippen LogP contribution < -0.4 is 10.5 Å². The van der Waals surface area contributed by atoms with E-state index in [0.717, 1.165) is 17.9 Å². The molecule has 106 valence electrons. The summed E-state index contributed by atoms with van der Waals surface area (Å²) in [5.74, 6) is 0.894. The molecule has 1 heterocycles. The van der Waals surface area contributed by atoms with E-state index in [4.69, 9.17) is 10.5 Å². The summed E-state index contributed by atoms with van der Waals surface area (Å²) >= 11 is 0. The van der Waals surface area contributed by atoms with Crippen LogP contribution in [0.5, 0.6) is 5.75 Å². The Hall–Kier alpha value is -1.06. The molecule has 0 spiro atoms. The molecule has 1 saturated heterocycles. The molecule has 2 N–H and O–H groups in total. The molecule has 1 aromatic rings. The van der Waals surface area contributed by atoms with Crippen LogP contribution in [0.15, 0.2) is 18.2 Å². The van der Waals surface area contributed by atoms with Crippen molar-refractivity contribution < 1.29 is 4.74 Å². The summed E-state index contributed by atoms with van der Waals surface area (Å²) in [7, 11) is 1.70. The van der Waals surface area contributed by atoms with E-state index in [2.05, 4.69) is 30.9 Å². The van der Waals surface area contributed by atoms with Gasteiger partial charge in [-0.3, -0.25) is 4.90 Å². The van der Waals surface area contributed by atoms with Crippen LogP contribution in [0.3, 0.4) is 0 Å². The average molecular weight is 262 g/mol. The van der Waals surface area contributed by atoms with E-state index in [1.54, 1.807) is 7.11 Å². The molecule has 2 unspecified atom stereocenters. The number of piperidine rings is 1. The molecule has 3 nitrogen and oxygen atoms in total. The quantitative estimate of drug-likeness (QED) is 0.906. The van der Waals surface area contributed by atoms with Crippen molar-refractivity contribution in [2.24, 2.45) is 5.73 Å². The van der Waals surface area contributed by atoms with Gasteiger partial charge in [0, 0.05) is 30.7 Å². The molecule has 0 radical (unpaired) electrons. The van der Waals surface area contributed by atoms with Crippen molar-refractivity contribution in [1.82, 2.24) is 4.90 Å². The van der Waals surface area contributed by atoms with Gasteiger partial charge in [-0.1, -0.05) is 12.5 Å². The van der Waals surface area contributed by atoms with Gasteiger partial charge in [0.05, 0.1) is 7.11 Å². The van der Waals surface area contributed by atoms with Crippen molar-refractivity contribution in [3.63, 3.8) is 0 Å². The molecule has 1 aliphatic heterocycles. The van der Waals surface area contributed by atoms with Crippen LogP contribution in [0, 0.1) is 0 Å². The molecule has 2 atom stereocenters. The Balaban J connectivity index is 2.13.